The molecule has 0 spiro atoms. The monoisotopic (exact) mass is 145 g/mol. The largest absolute Gasteiger partial charge is 0.361 e. The van der Waals surface area contributed by atoms with Crippen LogP contribution in [0.5, 0.6) is 0 Å². The lowest BCUT2D eigenvalue weighted by Gasteiger charge is -1.92. The fraction of sp³-hybridized carbons (Fsp3) is 0. The van der Waals surface area contributed by atoms with Crippen LogP contribution in [0.4, 0.5) is 0 Å². The molecule has 2 heterocycles. The van der Waals surface area contributed by atoms with Gasteiger partial charge in [-0.1, -0.05) is 0 Å². The third kappa shape index (κ3) is 1.12. The van der Waals surface area contributed by atoms with Crippen LogP contribution in [0.25, 0.3) is 11.3 Å². The highest BCUT2D eigenvalue weighted by atomic mass is 15.1. The minimum Gasteiger partial charge on any atom is -0.361 e. The molecular weight excluding hydrogens is 138 g/mol. The maximum absolute atomic E-state index is 3.77. The molecule has 1 N–H and O–H groups in total. The standard InChI is InChI=1S/C8H7N3/c1-2-8(9-4-1)7-3-5-10-11-6-7/h1-6,9H. The number of aromatic amines is 1. The summed E-state index contributed by atoms with van der Waals surface area (Å²) in [5, 5.41) is 7.46. The molecule has 0 radical (unpaired) electrons. The van der Waals surface area contributed by atoms with Crippen LogP contribution in [0.15, 0.2) is 36.8 Å². The molecule has 3 heteroatoms. The molecule has 3 nitrogen and oxygen atoms in total. The fourth-order valence-corrected chi connectivity index (χ4v) is 0.960. The van der Waals surface area contributed by atoms with Crippen molar-refractivity contribution in [3.63, 3.8) is 0 Å². The van der Waals surface area contributed by atoms with Crippen molar-refractivity contribution >= 4 is 0 Å². The van der Waals surface area contributed by atoms with Gasteiger partial charge in [0, 0.05) is 17.5 Å². The van der Waals surface area contributed by atoms with Gasteiger partial charge in [-0.15, -0.1) is 0 Å². The SMILES string of the molecule is c1c[nH]c(-c2ccnnc2)c1. The first-order chi connectivity index (χ1) is 5.47. The van der Waals surface area contributed by atoms with Gasteiger partial charge in [0.2, 0.25) is 0 Å². The van der Waals surface area contributed by atoms with E-state index in [1.165, 1.54) is 0 Å². The molecule has 0 atom stereocenters. The van der Waals surface area contributed by atoms with Gasteiger partial charge in [0.25, 0.3) is 0 Å². The van der Waals surface area contributed by atoms with Gasteiger partial charge in [-0.05, 0) is 18.2 Å². The summed E-state index contributed by atoms with van der Waals surface area (Å²) < 4.78 is 0. The van der Waals surface area contributed by atoms with Crippen LogP contribution in [-0.2, 0) is 0 Å². The molecule has 0 aliphatic carbocycles. The predicted molar refractivity (Wildman–Crippen MR) is 41.8 cm³/mol. The first-order valence-corrected chi connectivity index (χ1v) is 3.37. The zero-order valence-corrected chi connectivity index (χ0v) is 5.86. The Hall–Kier alpha value is -1.64. The maximum Gasteiger partial charge on any atom is 0.0589 e. The zero-order chi connectivity index (χ0) is 7.52. The average molecular weight is 145 g/mol. The summed E-state index contributed by atoms with van der Waals surface area (Å²) in [5.41, 5.74) is 2.13. The second-order valence-electron chi connectivity index (χ2n) is 2.21. The van der Waals surface area contributed by atoms with Crippen LogP contribution in [0, 0.1) is 0 Å². The second kappa shape index (κ2) is 2.54. The number of rotatable bonds is 1. The van der Waals surface area contributed by atoms with Crippen molar-refractivity contribution in [2.75, 3.05) is 0 Å². The van der Waals surface area contributed by atoms with Gasteiger partial charge in [-0.3, -0.25) is 0 Å². The van der Waals surface area contributed by atoms with Gasteiger partial charge in [-0.2, -0.15) is 10.2 Å². The molecule has 0 amide bonds. The fourth-order valence-electron chi connectivity index (χ4n) is 0.960. The Morgan fingerprint density at radius 1 is 1.18 bits per heavy atom. The van der Waals surface area contributed by atoms with Crippen LogP contribution < -0.4 is 0 Å². The highest BCUT2D eigenvalue weighted by Crippen LogP contribution is 2.13. The molecule has 0 bridgehead atoms. The van der Waals surface area contributed by atoms with Crippen molar-refractivity contribution in [1.82, 2.24) is 15.2 Å². The molecule has 0 saturated heterocycles. The zero-order valence-electron chi connectivity index (χ0n) is 5.86. The van der Waals surface area contributed by atoms with E-state index in [2.05, 4.69) is 15.2 Å². The summed E-state index contributed by atoms with van der Waals surface area (Å²) in [5.74, 6) is 0. The van der Waals surface area contributed by atoms with Crippen LogP contribution in [-0.4, -0.2) is 15.2 Å². The lowest BCUT2D eigenvalue weighted by molar-refractivity contribution is 1.03. The lowest BCUT2D eigenvalue weighted by Crippen LogP contribution is -1.80. The number of nitrogens with one attached hydrogen (secondary N) is 1. The van der Waals surface area contributed by atoms with Crippen molar-refractivity contribution in [2.24, 2.45) is 0 Å². The topological polar surface area (TPSA) is 41.6 Å². The quantitative estimate of drug-likeness (QED) is 0.660. The number of nitrogens with zero attached hydrogens (tertiary/aromatic N) is 2. The molecule has 2 rings (SSSR count). The van der Waals surface area contributed by atoms with Crippen LogP contribution in [0.2, 0.25) is 0 Å². The first kappa shape index (κ1) is 6.09. The third-order valence-corrected chi connectivity index (χ3v) is 1.49. The maximum atomic E-state index is 3.77. The molecule has 0 aromatic carbocycles. The van der Waals surface area contributed by atoms with E-state index in [1.807, 2.05) is 24.4 Å². The summed E-state index contributed by atoms with van der Waals surface area (Å²) in [6.07, 6.45) is 5.29. The Bertz CT molecular complexity index is 312. The smallest absolute Gasteiger partial charge is 0.0589 e. The van der Waals surface area contributed by atoms with E-state index in [0.717, 1.165) is 11.3 Å². The Labute approximate surface area is 64.1 Å². The van der Waals surface area contributed by atoms with E-state index in [0.29, 0.717) is 0 Å². The average Bonchev–Trinajstić information content (AvgIpc) is 2.58. The number of aromatic nitrogens is 3. The molecule has 0 aliphatic rings. The Morgan fingerprint density at radius 2 is 2.18 bits per heavy atom. The van der Waals surface area contributed by atoms with Gasteiger partial charge in [0.05, 0.1) is 12.4 Å². The van der Waals surface area contributed by atoms with Crippen LogP contribution in [0.1, 0.15) is 0 Å². The Kier molecular flexibility index (Phi) is 1.41. The van der Waals surface area contributed by atoms with E-state index in [9.17, 15) is 0 Å². The van der Waals surface area contributed by atoms with E-state index in [4.69, 9.17) is 0 Å². The summed E-state index contributed by atoms with van der Waals surface area (Å²) in [6, 6.07) is 5.87. The normalized spacial score (nSPS) is 9.82. The summed E-state index contributed by atoms with van der Waals surface area (Å²) >= 11 is 0. The van der Waals surface area contributed by atoms with Crippen molar-refractivity contribution in [1.29, 1.82) is 0 Å². The summed E-state index contributed by atoms with van der Waals surface area (Å²) in [6.45, 7) is 0. The summed E-state index contributed by atoms with van der Waals surface area (Å²) in [4.78, 5) is 3.09. The van der Waals surface area contributed by atoms with E-state index >= 15 is 0 Å². The van der Waals surface area contributed by atoms with Crippen molar-refractivity contribution in [2.45, 2.75) is 0 Å². The Balaban J connectivity index is 2.46. The van der Waals surface area contributed by atoms with Gasteiger partial charge < -0.3 is 4.98 Å². The van der Waals surface area contributed by atoms with Crippen molar-refractivity contribution in [3.8, 4) is 11.3 Å². The highest BCUT2D eigenvalue weighted by molar-refractivity contribution is 5.56. The molecule has 11 heavy (non-hydrogen) atoms. The van der Waals surface area contributed by atoms with Gasteiger partial charge in [0.15, 0.2) is 0 Å². The van der Waals surface area contributed by atoms with E-state index in [-0.39, 0.29) is 0 Å². The lowest BCUT2D eigenvalue weighted by atomic mass is 10.2. The molecule has 0 unspecified atom stereocenters. The molecule has 0 saturated carbocycles. The second-order valence-corrected chi connectivity index (χ2v) is 2.21. The third-order valence-electron chi connectivity index (χ3n) is 1.49. The number of H-pyrrole nitrogens is 1. The molecule has 0 aliphatic heterocycles. The van der Waals surface area contributed by atoms with E-state index in [1.54, 1.807) is 12.4 Å². The highest BCUT2D eigenvalue weighted by Gasteiger charge is 1.94. The Morgan fingerprint density at radius 3 is 2.82 bits per heavy atom. The molecule has 54 valence electrons. The number of hydrogen-bond donors (Lipinski definition) is 1. The first-order valence-electron chi connectivity index (χ1n) is 3.37. The van der Waals surface area contributed by atoms with E-state index < -0.39 is 0 Å². The molecule has 2 aromatic rings. The van der Waals surface area contributed by atoms with Crippen molar-refractivity contribution < 1.29 is 0 Å². The van der Waals surface area contributed by atoms with Gasteiger partial charge >= 0.3 is 0 Å². The van der Waals surface area contributed by atoms with Gasteiger partial charge in [0.1, 0.15) is 0 Å². The van der Waals surface area contributed by atoms with Crippen LogP contribution in [0.3, 0.4) is 0 Å². The minimum absolute atomic E-state index is 1.06. The minimum atomic E-state index is 1.06. The molecule has 0 fully saturated rings. The predicted octanol–water partition coefficient (Wildman–Crippen LogP) is 1.47. The van der Waals surface area contributed by atoms with Gasteiger partial charge in [-0.25, -0.2) is 0 Å². The van der Waals surface area contributed by atoms with Crippen LogP contribution >= 0.6 is 0 Å². The number of hydrogen-bond acceptors (Lipinski definition) is 2. The molecular formula is C8H7N3. The molecule has 2 aromatic heterocycles. The summed E-state index contributed by atoms with van der Waals surface area (Å²) in [7, 11) is 0. The van der Waals surface area contributed by atoms with Crippen molar-refractivity contribution in [3.05, 3.63) is 36.8 Å².